The molecule has 30 heavy (non-hydrogen) atoms. The van der Waals surface area contributed by atoms with Crippen molar-refractivity contribution in [1.29, 1.82) is 0 Å². The molecule has 1 aliphatic heterocycles. The van der Waals surface area contributed by atoms with Gasteiger partial charge in [0.15, 0.2) is 0 Å². The molecule has 0 saturated carbocycles. The second-order valence-corrected chi connectivity index (χ2v) is 7.99. The zero-order valence-electron chi connectivity index (χ0n) is 17.3. The summed E-state index contributed by atoms with van der Waals surface area (Å²) in [7, 11) is 2.04. The summed E-state index contributed by atoms with van der Waals surface area (Å²) in [5, 5.41) is 19.9. The number of hydrogen-bond donors (Lipinski definition) is 3. The Morgan fingerprint density at radius 2 is 2.07 bits per heavy atom. The summed E-state index contributed by atoms with van der Waals surface area (Å²) >= 11 is 0. The monoisotopic (exact) mass is 409 g/mol. The zero-order valence-corrected chi connectivity index (χ0v) is 17.3. The van der Waals surface area contributed by atoms with Crippen LogP contribution >= 0.6 is 0 Å². The molecule has 1 saturated heterocycles. The first-order valence-corrected chi connectivity index (χ1v) is 10.4. The molecule has 1 aromatic carbocycles. The fourth-order valence-electron chi connectivity index (χ4n) is 4.50. The number of likely N-dealkylation sites (tertiary alicyclic amines) is 1. The zero-order chi connectivity index (χ0) is 21.4. The van der Waals surface area contributed by atoms with E-state index in [2.05, 4.69) is 20.5 Å². The molecule has 0 spiro atoms. The lowest BCUT2D eigenvalue weighted by molar-refractivity contribution is 0.0695. The first kappa shape index (κ1) is 20.4. The summed E-state index contributed by atoms with van der Waals surface area (Å²) in [5.74, 6) is -1.22. The van der Waals surface area contributed by atoms with Crippen molar-refractivity contribution in [2.75, 3.05) is 13.2 Å². The highest BCUT2D eigenvalue weighted by molar-refractivity contribution is 5.89. The van der Waals surface area contributed by atoms with Gasteiger partial charge in [-0.25, -0.2) is 4.79 Å². The lowest BCUT2D eigenvalue weighted by atomic mass is 10.0. The first-order chi connectivity index (χ1) is 14.4. The van der Waals surface area contributed by atoms with E-state index in [4.69, 9.17) is 0 Å². The number of pyridine rings is 1. The number of aromatic nitrogens is 2. The number of aliphatic hydroxyl groups is 1. The minimum Gasteiger partial charge on any atom is -0.477 e. The quantitative estimate of drug-likeness (QED) is 0.582. The maximum atomic E-state index is 12.2. The predicted molar refractivity (Wildman–Crippen MR) is 116 cm³/mol. The van der Waals surface area contributed by atoms with Crippen molar-refractivity contribution in [3.8, 4) is 11.3 Å². The number of aromatic carboxylic acids is 1. The van der Waals surface area contributed by atoms with E-state index in [1.165, 1.54) is 11.8 Å². The molecule has 0 aliphatic carbocycles. The predicted octanol–water partition coefficient (Wildman–Crippen LogP) is 2.75. The van der Waals surface area contributed by atoms with Crippen LogP contribution in [0.15, 0.2) is 35.1 Å². The fraction of sp³-hybridized carbons (Fsp3) is 0.391. The molecule has 0 radical (unpaired) electrons. The van der Waals surface area contributed by atoms with Crippen molar-refractivity contribution in [1.82, 2.24) is 14.5 Å². The van der Waals surface area contributed by atoms with E-state index in [0.717, 1.165) is 48.0 Å². The van der Waals surface area contributed by atoms with Gasteiger partial charge in [-0.05, 0) is 61.2 Å². The van der Waals surface area contributed by atoms with Gasteiger partial charge in [0.2, 0.25) is 0 Å². The highest BCUT2D eigenvalue weighted by atomic mass is 16.4. The molecular weight excluding hydrogens is 382 g/mol. The third kappa shape index (κ3) is 3.55. The number of benzene rings is 1. The van der Waals surface area contributed by atoms with Crippen LogP contribution in [0.2, 0.25) is 0 Å². The average molecular weight is 409 g/mol. The third-order valence-electron chi connectivity index (χ3n) is 6.24. The number of nitrogens with zero attached hydrogens (tertiary/aromatic N) is 2. The molecule has 0 bridgehead atoms. The molecule has 1 unspecified atom stereocenters. The number of aromatic amines is 1. The number of aryl methyl sites for hydroxylation is 2. The van der Waals surface area contributed by atoms with E-state index < -0.39 is 11.5 Å². The van der Waals surface area contributed by atoms with Crippen LogP contribution in [0, 0.1) is 0 Å². The maximum Gasteiger partial charge on any atom is 0.341 e. The van der Waals surface area contributed by atoms with Gasteiger partial charge in [0, 0.05) is 36.2 Å². The molecule has 158 valence electrons. The molecule has 7 nitrogen and oxygen atoms in total. The van der Waals surface area contributed by atoms with Gasteiger partial charge in [0.1, 0.15) is 5.56 Å². The normalized spacial score (nSPS) is 17.1. The number of H-pyrrole nitrogens is 1. The summed E-state index contributed by atoms with van der Waals surface area (Å²) in [4.78, 5) is 28.6. The number of nitrogens with one attached hydrogen (secondary N) is 1. The Balaban J connectivity index is 1.73. The van der Waals surface area contributed by atoms with E-state index in [1.807, 2.05) is 32.2 Å². The molecule has 0 amide bonds. The van der Waals surface area contributed by atoms with Gasteiger partial charge in [-0.1, -0.05) is 13.0 Å². The van der Waals surface area contributed by atoms with Crippen LogP contribution in [0.1, 0.15) is 41.4 Å². The SMILES string of the molecule is CCc1cc(C(=O)O)c(=O)[nH]c1-c1ccc2c(c1)cc(CN1CCCC1CO)n2C. The minimum absolute atomic E-state index is 0.188. The number of rotatable bonds is 6. The summed E-state index contributed by atoms with van der Waals surface area (Å²) in [6.07, 6.45) is 2.75. The van der Waals surface area contributed by atoms with Crippen LogP contribution in [0.3, 0.4) is 0 Å². The van der Waals surface area contributed by atoms with Crippen molar-refractivity contribution in [2.45, 2.75) is 38.8 Å². The second-order valence-electron chi connectivity index (χ2n) is 7.99. The smallest absolute Gasteiger partial charge is 0.341 e. The summed E-state index contributed by atoms with van der Waals surface area (Å²) in [5.41, 5.74) is 3.77. The number of carbonyl (C=O) groups is 1. The highest BCUT2D eigenvalue weighted by Crippen LogP contribution is 2.29. The molecular formula is C23H27N3O4. The second kappa shape index (κ2) is 8.08. The molecule has 2 aromatic heterocycles. The lowest BCUT2D eigenvalue weighted by Gasteiger charge is -2.22. The number of fused-ring (bicyclic) bond motifs is 1. The van der Waals surface area contributed by atoms with Crippen molar-refractivity contribution in [2.24, 2.45) is 7.05 Å². The van der Waals surface area contributed by atoms with Crippen molar-refractivity contribution < 1.29 is 15.0 Å². The Kier molecular flexibility index (Phi) is 5.49. The van der Waals surface area contributed by atoms with Gasteiger partial charge in [-0.3, -0.25) is 9.69 Å². The molecule has 4 rings (SSSR count). The Bertz CT molecular complexity index is 1160. The van der Waals surface area contributed by atoms with E-state index in [1.54, 1.807) is 0 Å². The lowest BCUT2D eigenvalue weighted by Crippen LogP contribution is -2.32. The maximum absolute atomic E-state index is 12.2. The van der Waals surface area contributed by atoms with Crippen LogP contribution in [0.5, 0.6) is 0 Å². The summed E-state index contributed by atoms with van der Waals surface area (Å²) in [6.45, 7) is 3.91. The van der Waals surface area contributed by atoms with E-state index in [9.17, 15) is 19.8 Å². The van der Waals surface area contributed by atoms with E-state index in [0.29, 0.717) is 12.1 Å². The molecule has 7 heteroatoms. The standard InChI is InChI=1S/C23H27N3O4/c1-3-14-11-19(23(29)30)22(28)24-21(14)15-6-7-20-16(9-15)10-18(25(20)2)12-26-8-4-5-17(26)13-27/h6-7,9-11,17,27H,3-5,8,12-13H2,1-2H3,(H,24,28)(H,29,30). The Labute approximate surface area is 174 Å². The Morgan fingerprint density at radius 1 is 1.27 bits per heavy atom. The molecule has 1 fully saturated rings. The fourth-order valence-corrected chi connectivity index (χ4v) is 4.50. The number of carboxylic acid groups (broad SMARTS) is 1. The van der Waals surface area contributed by atoms with Crippen LogP contribution in [0.25, 0.3) is 22.2 Å². The highest BCUT2D eigenvalue weighted by Gasteiger charge is 2.24. The molecule has 1 atom stereocenters. The van der Waals surface area contributed by atoms with Crippen LogP contribution < -0.4 is 5.56 Å². The van der Waals surface area contributed by atoms with Gasteiger partial charge >= 0.3 is 5.97 Å². The Morgan fingerprint density at radius 3 is 2.77 bits per heavy atom. The largest absolute Gasteiger partial charge is 0.477 e. The average Bonchev–Trinajstić information content (AvgIpc) is 3.31. The van der Waals surface area contributed by atoms with Crippen molar-refractivity contribution in [3.63, 3.8) is 0 Å². The van der Waals surface area contributed by atoms with Crippen molar-refractivity contribution >= 4 is 16.9 Å². The van der Waals surface area contributed by atoms with Gasteiger partial charge < -0.3 is 19.8 Å². The van der Waals surface area contributed by atoms with Gasteiger partial charge in [-0.2, -0.15) is 0 Å². The summed E-state index contributed by atoms with van der Waals surface area (Å²) in [6, 6.07) is 9.88. The number of carboxylic acids is 1. The van der Waals surface area contributed by atoms with Gasteiger partial charge in [0.05, 0.1) is 12.3 Å². The summed E-state index contributed by atoms with van der Waals surface area (Å²) < 4.78 is 2.17. The number of aliphatic hydroxyl groups excluding tert-OH is 1. The Hall–Kier alpha value is -2.90. The van der Waals surface area contributed by atoms with Gasteiger partial charge in [-0.15, -0.1) is 0 Å². The minimum atomic E-state index is -1.22. The topological polar surface area (TPSA) is 98.6 Å². The van der Waals surface area contributed by atoms with Crippen LogP contribution in [-0.2, 0) is 20.0 Å². The van der Waals surface area contributed by atoms with Crippen LogP contribution in [0.4, 0.5) is 0 Å². The molecule has 3 aromatic rings. The van der Waals surface area contributed by atoms with Crippen molar-refractivity contribution in [3.05, 3.63) is 57.5 Å². The van der Waals surface area contributed by atoms with Gasteiger partial charge in [0.25, 0.3) is 5.56 Å². The first-order valence-electron chi connectivity index (χ1n) is 10.4. The van der Waals surface area contributed by atoms with E-state index in [-0.39, 0.29) is 18.2 Å². The number of hydrogen-bond acceptors (Lipinski definition) is 4. The molecule has 3 heterocycles. The van der Waals surface area contributed by atoms with Crippen LogP contribution in [-0.4, -0.2) is 49.8 Å². The third-order valence-corrected chi connectivity index (χ3v) is 6.24. The molecule has 3 N–H and O–H groups in total. The molecule has 1 aliphatic rings. The van der Waals surface area contributed by atoms with E-state index >= 15 is 0 Å².